The molecule has 0 aromatic carbocycles. The van der Waals surface area contributed by atoms with Crippen LogP contribution in [0.3, 0.4) is 0 Å². The standard InChI is InChI=1S/C26H47N5O3Si2/c1-24(2,3)35(7,8)33-18-12-11-13-26(18)15-17(14-19(26)34-36(9,10)25(4,5)6)31-16-28-20-21(31)29-23(27)30-22(20)32/h16-19H,11-15H2,1-10H3,(H3,27,29,30,32)/t17-,18-,19-,26-/m0/s1. The summed E-state index contributed by atoms with van der Waals surface area (Å²) >= 11 is 0. The van der Waals surface area contributed by atoms with Gasteiger partial charge in [-0.05, 0) is 61.9 Å². The summed E-state index contributed by atoms with van der Waals surface area (Å²) in [4.78, 5) is 23.9. The van der Waals surface area contributed by atoms with E-state index < -0.39 is 16.6 Å². The lowest BCUT2D eigenvalue weighted by atomic mass is 9.80. The Kier molecular flexibility index (Phi) is 6.71. The first-order valence-corrected chi connectivity index (χ1v) is 19.3. The zero-order valence-electron chi connectivity index (χ0n) is 24.0. The van der Waals surface area contributed by atoms with Gasteiger partial charge in [-0.2, -0.15) is 4.98 Å². The number of H-pyrrole nitrogens is 1. The van der Waals surface area contributed by atoms with E-state index in [9.17, 15) is 4.79 Å². The van der Waals surface area contributed by atoms with Crippen LogP contribution < -0.4 is 11.3 Å². The predicted molar refractivity (Wildman–Crippen MR) is 151 cm³/mol. The van der Waals surface area contributed by atoms with E-state index in [1.165, 1.54) is 0 Å². The minimum atomic E-state index is -2.03. The number of aromatic amines is 1. The van der Waals surface area contributed by atoms with Crippen LogP contribution in [0.15, 0.2) is 11.1 Å². The van der Waals surface area contributed by atoms with Gasteiger partial charge >= 0.3 is 0 Å². The van der Waals surface area contributed by atoms with Crippen molar-refractivity contribution in [3.8, 4) is 0 Å². The first kappa shape index (κ1) is 27.5. The smallest absolute Gasteiger partial charge is 0.280 e. The van der Waals surface area contributed by atoms with Crippen LogP contribution in [0.5, 0.6) is 0 Å². The van der Waals surface area contributed by atoms with Crippen LogP contribution in [0.2, 0.25) is 36.3 Å². The van der Waals surface area contributed by atoms with Crippen molar-refractivity contribution in [3.63, 3.8) is 0 Å². The van der Waals surface area contributed by atoms with E-state index in [2.05, 4.69) is 87.2 Å². The second kappa shape index (κ2) is 8.78. The number of nitrogens with two attached hydrogens (primary N) is 1. The van der Waals surface area contributed by atoms with Crippen molar-refractivity contribution in [1.82, 2.24) is 19.5 Å². The molecule has 0 saturated heterocycles. The van der Waals surface area contributed by atoms with Crippen molar-refractivity contribution in [2.45, 2.75) is 128 Å². The molecule has 2 heterocycles. The molecule has 0 radical (unpaired) electrons. The predicted octanol–water partition coefficient (Wildman–Crippen LogP) is 5.99. The molecule has 2 fully saturated rings. The second-order valence-electron chi connectivity index (χ2n) is 14.2. The molecule has 0 bridgehead atoms. The second-order valence-corrected chi connectivity index (χ2v) is 23.7. The summed E-state index contributed by atoms with van der Waals surface area (Å²) in [5.41, 5.74) is 6.47. The molecule has 3 N–H and O–H groups in total. The molecule has 10 heteroatoms. The third kappa shape index (κ3) is 4.63. The third-order valence-electron chi connectivity index (χ3n) is 9.82. The number of hydrogen-bond acceptors (Lipinski definition) is 6. The van der Waals surface area contributed by atoms with Crippen LogP contribution in [-0.2, 0) is 8.85 Å². The van der Waals surface area contributed by atoms with Crippen molar-refractivity contribution in [1.29, 1.82) is 0 Å². The van der Waals surface area contributed by atoms with Crippen LogP contribution in [0.4, 0.5) is 5.95 Å². The molecule has 4 atom stereocenters. The number of nitrogen functional groups attached to an aromatic ring is 1. The normalized spacial score (nSPS) is 28.0. The van der Waals surface area contributed by atoms with E-state index in [-0.39, 0.29) is 45.2 Å². The van der Waals surface area contributed by atoms with Crippen molar-refractivity contribution in [2.75, 3.05) is 5.73 Å². The Morgan fingerprint density at radius 3 is 2.22 bits per heavy atom. The molecule has 1 spiro atoms. The number of nitrogens with one attached hydrogen (secondary N) is 1. The molecule has 2 aliphatic carbocycles. The highest BCUT2D eigenvalue weighted by Gasteiger charge is 2.59. The highest BCUT2D eigenvalue weighted by atomic mass is 28.4. The van der Waals surface area contributed by atoms with Gasteiger partial charge in [-0.1, -0.05) is 48.0 Å². The van der Waals surface area contributed by atoms with E-state index >= 15 is 0 Å². The lowest BCUT2D eigenvalue weighted by molar-refractivity contribution is -0.0175. The van der Waals surface area contributed by atoms with Gasteiger partial charge in [0.25, 0.3) is 5.56 Å². The Morgan fingerprint density at radius 2 is 1.64 bits per heavy atom. The van der Waals surface area contributed by atoms with Crippen LogP contribution in [0, 0.1) is 5.41 Å². The van der Waals surface area contributed by atoms with Crippen LogP contribution in [-0.4, -0.2) is 48.4 Å². The first-order valence-electron chi connectivity index (χ1n) is 13.5. The highest BCUT2D eigenvalue weighted by Crippen LogP contribution is 2.59. The summed E-state index contributed by atoms with van der Waals surface area (Å²) in [7, 11) is -4.01. The van der Waals surface area contributed by atoms with Gasteiger partial charge in [-0.3, -0.25) is 9.78 Å². The Balaban J connectivity index is 1.76. The van der Waals surface area contributed by atoms with Gasteiger partial charge in [0.15, 0.2) is 27.8 Å². The van der Waals surface area contributed by atoms with Gasteiger partial charge in [0.05, 0.1) is 18.5 Å². The topological polar surface area (TPSA) is 108 Å². The lowest BCUT2D eigenvalue weighted by Gasteiger charge is -2.47. The number of anilines is 1. The molecule has 36 heavy (non-hydrogen) atoms. The summed E-state index contributed by atoms with van der Waals surface area (Å²) in [5.74, 6) is 0.121. The number of aromatic nitrogens is 4. The van der Waals surface area contributed by atoms with Crippen molar-refractivity contribution < 1.29 is 8.85 Å². The number of imidazole rings is 1. The lowest BCUT2D eigenvalue weighted by Crippen LogP contribution is -2.53. The summed E-state index contributed by atoms with van der Waals surface area (Å²) in [6.07, 6.45) is 7.16. The molecule has 8 nitrogen and oxygen atoms in total. The summed E-state index contributed by atoms with van der Waals surface area (Å²) in [6, 6.07) is 0.127. The molecule has 2 aromatic rings. The molecule has 2 saturated carbocycles. The van der Waals surface area contributed by atoms with Crippen LogP contribution in [0.25, 0.3) is 11.2 Å². The fraction of sp³-hybridized carbons (Fsp3) is 0.808. The molecule has 0 amide bonds. The average molecular weight is 534 g/mol. The minimum absolute atomic E-state index is 0.0565. The number of fused-ring (bicyclic) bond motifs is 1. The minimum Gasteiger partial charge on any atom is -0.413 e. The Morgan fingerprint density at radius 1 is 1.06 bits per heavy atom. The fourth-order valence-corrected chi connectivity index (χ4v) is 8.44. The maximum Gasteiger partial charge on any atom is 0.280 e. The van der Waals surface area contributed by atoms with Gasteiger partial charge in [0.1, 0.15) is 0 Å². The fourth-order valence-electron chi connectivity index (χ4n) is 5.63. The molecule has 2 aromatic heterocycles. The quantitative estimate of drug-likeness (QED) is 0.457. The molecular weight excluding hydrogens is 486 g/mol. The van der Waals surface area contributed by atoms with Crippen molar-refractivity contribution in [2.24, 2.45) is 5.41 Å². The first-order chi connectivity index (χ1) is 16.4. The molecule has 4 rings (SSSR count). The van der Waals surface area contributed by atoms with Crippen LogP contribution in [0.1, 0.15) is 79.7 Å². The molecule has 2 aliphatic rings. The zero-order chi connectivity index (χ0) is 26.9. The molecular formula is C26H47N5O3Si2. The van der Waals surface area contributed by atoms with Gasteiger partial charge in [0, 0.05) is 11.5 Å². The number of nitrogens with zero attached hydrogens (tertiary/aromatic N) is 3. The number of hydrogen-bond donors (Lipinski definition) is 2. The maximum absolute atomic E-state index is 12.5. The zero-order valence-corrected chi connectivity index (χ0v) is 26.0. The highest BCUT2D eigenvalue weighted by molar-refractivity contribution is 6.74. The van der Waals surface area contributed by atoms with E-state index in [4.69, 9.17) is 14.6 Å². The van der Waals surface area contributed by atoms with Crippen molar-refractivity contribution in [3.05, 3.63) is 16.7 Å². The summed E-state index contributed by atoms with van der Waals surface area (Å²) in [6.45, 7) is 23.3. The van der Waals surface area contributed by atoms with E-state index in [1.54, 1.807) is 6.33 Å². The molecule has 202 valence electrons. The summed E-state index contributed by atoms with van der Waals surface area (Å²) < 4.78 is 16.5. The van der Waals surface area contributed by atoms with E-state index in [1.807, 2.05) is 0 Å². The van der Waals surface area contributed by atoms with Gasteiger partial charge in [-0.25, -0.2) is 4.98 Å². The molecule has 0 aliphatic heterocycles. The SMILES string of the molecule is CC(C)(C)[Si](C)(C)O[C@H]1CCC[C@]12C[C@@H](n1cnc3c(=O)[nH]c(N)nc31)C[C@@H]2O[Si](C)(C)C(C)(C)C. The van der Waals surface area contributed by atoms with Crippen molar-refractivity contribution >= 4 is 33.7 Å². The van der Waals surface area contributed by atoms with Gasteiger partial charge < -0.3 is 19.2 Å². The molecule has 0 unspecified atom stereocenters. The Bertz CT molecular complexity index is 1180. The van der Waals surface area contributed by atoms with Gasteiger partial charge in [0.2, 0.25) is 5.95 Å². The monoisotopic (exact) mass is 533 g/mol. The Hall–Kier alpha value is -1.50. The van der Waals surface area contributed by atoms with E-state index in [0.29, 0.717) is 11.2 Å². The summed E-state index contributed by atoms with van der Waals surface area (Å²) in [5, 5.41) is 0.263. The largest absolute Gasteiger partial charge is 0.413 e. The van der Waals surface area contributed by atoms with Gasteiger partial charge in [-0.15, -0.1) is 0 Å². The third-order valence-corrected chi connectivity index (χ3v) is 18.8. The maximum atomic E-state index is 12.5. The van der Waals surface area contributed by atoms with E-state index in [0.717, 1.165) is 32.1 Å². The average Bonchev–Trinajstić information content (AvgIpc) is 3.38. The van der Waals surface area contributed by atoms with Crippen LogP contribution >= 0.6 is 0 Å². The number of rotatable bonds is 5. The Labute approximate surface area is 218 Å².